The number of hydrogen-bond donors (Lipinski definition) is 1. The van der Waals surface area contributed by atoms with Crippen LogP contribution in [0.1, 0.15) is 13.8 Å². The molecule has 2 aliphatic rings. The number of nitrogens with zero attached hydrogens (tertiary/aromatic N) is 7. The number of aromatic nitrogens is 4. The van der Waals surface area contributed by atoms with Gasteiger partial charge in [-0.2, -0.15) is 5.10 Å². The van der Waals surface area contributed by atoms with E-state index in [1.807, 2.05) is 22.8 Å². The summed E-state index contributed by atoms with van der Waals surface area (Å²) in [7, 11) is -1.08. The van der Waals surface area contributed by atoms with E-state index in [0.717, 1.165) is 106 Å². The van der Waals surface area contributed by atoms with Crippen LogP contribution in [0.2, 0.25) is 25.7 Å². The maximum Gasteiger partial charge on any atom is 0.205 e. The Hall–Kier alpha value is -4.88. The molecule has 2 aliphatic heterocycles. The predicted octanol–water partition coefficient (Wildman–Crippen LogP) is 7.27. The summed E-state index contributed by atoms with van der Waals surface area (Å²) < 4.78 is 15.3. The molecule has 4 aromatic heterocycles. The van der Waals surface area contributed by atoms with Crippen molar-refractivity contribution >= 4 is 30.5 Å². The van der Waals surface area contributed by atoms with Crippen LogP contribution in [0.3, 0.4) is 0 Å². The minimum atomic E-state index is -1.08. The molecule has 6 aromatic rings. The van der Waals surface area contributed by atoms with Crippen LogP contribution in [0.25, 0.3) is 33.3 Å². The average molecular weight is 775 g/mol. The Bertz CT molecular complexity index is 2210. The Labute approximate surface area is 332 Å². The number of aromatic amines is 1. The average Bonchev–Trinajstić information content (AvgIpc) is 3.87. The third-order valence-electron chi connectivity index (χ3n) is 11.1. The van der Waals surface area contributed by atoms with E-state index in [1.54, 1.807) is 23.0 Å². The quantitative estimate of drug-likeness (QED) is 0.0790. The number of anilines is 2. The van der Waals surface area contributed by atoms with Crippen molar-refractivity contribution in [2.45, 2.75) is 39.5 Å². The van der Waals surface area contributed by atoms with Gasteiger partial charge in [-0.25, -0.2) is 4.52 Å². The fourth-order valence-electron chi connectivity index (χ4n) is 7.38. The van der Waals surface area contributed by atoms with E-state index in [4.69, 9.17) is 9.47 Å². The molecule has 0 spiro atoms. The Morgan fingerprint density at radius 1 is 0.679 bits per heavy atom. The van der Waals surface area contributed by atoms with Crippen LogP contribution in [-0.2, 0) is 4.74 Å². The highest BCUT2D eigenvalue weighted by molar-refractivity contribution is 6.76. The highest BCUT2D eigenvalue weighted by Gasteiger charge is 2.18. The zero-order valence-electron chi connectivity index (χ0n) is 33.8. The molecular weight excluding hydrogens is 717 g/mol. The second-order valence-corrected chi connectivity index (χ2v) is 21.6. The third kappa shape index (κ3) is 9.73. The largest absolute Gasteiger partial charge is 0.465 e. The van der Waals surface area contributed by atoms with E-state index in [1.165, 1.54) is 16.9 Å². The number of piperazine rings is 2. The Morgan fingerprint density at radius 2 is 1.23 bits per heavy atom. The maximum atomic E-state index is 11.9. The summed E-state index contributed by atoms with van der Waals surface area (Å²) in [5, 5.41) is 7.52. The van der Waals surface area contributed by atoms with Crippen molar-refractivity contribution in [3.8, 4) is 28.0 Å². The van der Waals surface area contributed by atoms with Gasteiger partial charge in [0.1, 0.15) is 16.8 Å². The van der Waals surface area contributed by atoms with Crippen LogP contribution >= 0.6 is 0 Å². The Morgan fingerprint density at radius 3 is 1.77 bits per heavy atom. The third-order valence-corrected chi connectivity index (χ3v) is 12.8. The molecule has 0 radical (unpaired) electrons. The highest BCUT2D eigenvalue weighted by atomic mass is 28.3. The van der Waals surface area contributed by atoms with Crippen LogP contribution in [-0.4, -0.2) is 116 Å². The smallest absolute Gasteiger partial charge is 0.205 e. The van der Waals surface area contributed by atoms with Gasteiger partial charge in [-0.3, -0.25) is 9.31 Å². The van der Waals surface area contributed by atoms with Crippen LogP contribution in [0.15, 0.2) is 102 Å². The van der Waals surface area contributed by atoms with E-state index in [-0.39, 0.29) is 12.2 Å². The molecule has 56 heavy (non-hydrogen) atoms. The summed E-state index contributed by atoms with van der Waals surface area (Å²) in [5.74, 6) is 0.796. The first kappa shape index (κ1) is 39.4. The summed E-state index contributed by atoms with van der Waals surface area (Å²) in [5.41, 5.74) is 8.73. The minimum absolute atomic E-state index is 0.0328. The van der Waals surface area contributed by atoms with Crippen molar-refractivity contribution in [2.24, 2.45) is 0 Å². The van der Waals surface area contributed by atoms with Crippen molar-refractivity contribution in [2.75, 3.05) is 88.6 Å². The number of benzene rings is 2. The SMILES string of the molecule is CCN1CCN(c2ccc(-c3cc4c(=O)cc[nH]n4c3)cc2)CC1.CCN1CCN(c2ccc(-c3cc4c(OCOCC[Si](C)(C)C)ccnn4c3)cc2)CC1. The van der Waals surface area contributed by atoms with E-state index in [9.17, 15) is 4.79 Å². The molecule has 0 amide bonds. The second kappa shape index (κ2) is 17.9. The molecule has 2 fully saturated rings. The van der Waals surface area contributed by atoms with Crippen molar-refractivity contribution in [3.63, 3.8) is 0 Å². The Balaban J connectivity index is 0.000000178. The summed E-state index contributed by atoms with van der Waals surface area (Å²) in [4.78, 5) is 21.8. The van der Waals surface area contributed by atoms with Gasteiger partial charge >= 0.3 is 0 Å². The van der Waals surface area contributed by atoms with Gasteiger partial charge in [0, 0.05) is 120 Å². The van der Waals surface area contributed by atoms with Crippen LogP contribution in [0.4, 0.5) is 11.4 Å². The number of likely N-dealkylation sites (N-methyl/N-ethyl adjacent to an activating group) is 2. The lowest BCUT2D eigenvalue weighted by molar-refractivity contribution is 0.0227. The molecule has 12 heteroatoms. The number of nitrogens with one attached hydrogen (secondary N) is 1. The fraction of sp³-hybridized carbons (Fsp3) is 0.409. The molecule has 0 bridgehead atoms. The predicted molar refractivity (Wildman–Crippen MR) is 232 cm³/mol. The fourth-order valence-corrected chi connectivity index (χ4v) is 8.14. The van der Waals surface area contributed by atoms with E-state index < -0.39 is 8.07 Å². The van der Waals surface area contributed by atoms with Crippen molar-refractivity contribution in [3.05, 3.63) is 108 Å². The van der Waals surface area contributed by atoms with Gasteiger partial charge < -0.3 is 34.2 Å². The normalized spacial score (nSPS) is 15.7. The lowest BCUT2D eigenvalue weighted by Crippen LogP contribution is -2.46. The first-order valence-corrected chi connectivity index (χ1v) is 23.9. The molecule has 1 N–H and O–H groups in total. The standard InChI is InChI=1S/C25H36N4O2Si.C19H22N4O/c1-5-27-12-14-28(15-13-27)23-8-6-21(7-9-23)22-18-24-25(10-11-26-29(24)19-22)31-20-30-16-17-32(2,3)4;1-2-21-9-11-22(12-10-21)17-5-3-15(4-6-17)16-13-18-19(24)7-8-20-23(18)14-16/h6-11,18-19H,5,12-17,20H2,1-4H3;3-8,13-14,20H,2,9-12H2,1H3. The molecule has 11 nitrogen and oxygen atoms in total. The van der Waals surface area contributed by atoms with Crippen molar-refractivity contribution in [1.82, 2.24) is 29.0 Å². The molecule has 0 unspecified atom stereocenters. The minimum Gasteiger partial charge on any atom is -0.465 e. The van der Waals surface area contributed by atoms with Crippen LogP contribution < -0.4 is 20.0 Å². The van der Waals surface area contributed by atoms with E-state index >= 15 is 0 Å². The van der Waals surface area contributed by atoms with Crippen LogP contribution in [0, 0.1) is 0 Å². The monoisotopic (exact) mass is 774 g/mol. The van der Waals surface area contributed by atoms with Gasteiger partial charge in [0.2, 0.25) is 5.43 Å². The van der Waals surface area contributed by atoms with Gasteiger partial charge in [0.15, 0.2) is 6.79 Å². The number of hydrogen-bond acceptors (Lipinski definition) is 8. The number of fused-ring (bicyclic) bond motifs is 2. The molecule has 2 aromatic carbocycles. The molecule has 0 saturated carbocycles. The van der Waals surface area contributed by atoms with Gasteiger partial charge in [-0.15, -0.1) is 0 Å². The summed E-state index contributed by atoms with van der Waals surface area (Å²) in [6, 6.07) is 26.2. The van der Waals surface area contributed by atoms with Crippen molar-refractivity contribution in [1.29, 1.82) is 0 Å². The summed E-state index contributed by atoms with van der Waals surface area (Å²) in [6.45, 7) is 23.7. The van der Waals surface area contributed by atoms with E-state index in [2.05, 4.69) is 124 Å². The number of H-pyrrole nitrogens is 1. The zero-order chi connectivity index (χ0) is 39.1. The highest BCUT2D eigenvalue weighted by Crippen LogP contribution is 2.30. The molecule has 296 valence electrons. The molecular formula is C44H58N8O3Si. The van der Waals surface area contributed by atoms with Gasteiger partial charge in [0.25, 0.3) is 0 Å². The Kier molecular flexibility index (Phi) is 12.6. The van der Waals surface area contributed by atoms with E-state index in [0.29, 0.717) is 5.52 Å². The topological polar surface area (TPSA) is 86.0 Å². The molecule has 2 saturated heterocycles. The number of ether oxygens (including phenoxy) is 2. The summed E-state index contributed by atoms with van der Waals surface area (Å²) in [6.07, 6.45) is 7.46. The second-order valence-electron chi connectivity index (χ2n) is 16.0. The number of rotatable bonds is 12. The molecule has 0 atom stereocenters. The van der Waals surface area contributed by atoms with Gasteiger partial charge in [0.05, 0.1) is 6.20 Å². The maximum absolute atomic E-state index is 11.9. The van der Waals surface area contributed by atoms with Gasteiger partial charge in [-0.05, 0) is 66.7 Å². The molecule has 8 rings (SSSR count). The lowest BCUT2D eigenvalue weighted by atomic mass is 10.1. The zero-order valence-corrected chi connectivity index (χ0v) is 34.8. The first-order chi connectivity index (χ1) is 27.2. The van der Waals surface area contributed by atoms with Crippen molar-refractivity contribution < 1.29 is 9.47 Å². The summed E-state index contributed by atoms with van der Waals surface area (Å²) >= 11 is 0. The lowest BCUT2D eigenvalue weighted by Gasteiger charge is -2.35. The molecule has 6 heterocycles. The molecule has 0 aliphatic carbocycles. The first-order valence-electron chi connectivity index (χ1n) is 20.2. The van der Waals surface area contributed by atoms with Crippen LogP contribution in [0.5, 0.6) is 5.75 Å². The van der Waals surface area contributed by atoms with Gasteiger partial charge in [-0.1, -0.05) is 57.8 Å².